The Bertz CT molecular complexity index is 452. The maximum absolute atomic E-state index is 5.69. The number of aliphatic imine (C=N–C) groups is 1. The second-order valence-corrected chi connectivity index (χ2v) is 5.38. The highest BCUT2D eigenvalue weighted by Crippen LogP contribution is 2.18. The van der Waals surface area contributed by atoms with Crippen LogP contribution in [0.2, 0.25) is 0 Å². The number of ether oxygens (including phenoxy) is 1. The molecule has 1 unspecified atom stereocenters. The van der Waals surface area contributed by atoms with Crippen LogP contribution in [-0.2, 0) is 0 Å². The van der Waals surface area contributed by atoms with Crippen LogP contribution < -0.4 is 15.4 Å². The first-order valence-electron chi connectivity index (χ1n) is 7.37. The second kappa shape index (κ2) is 9.06. The summed E-state index contributed by atoms with van der Waals surface area (Å²) in [4.78, 5) is 4.18. The molecule has 116 valence electrons. The van der Waals surface area contributed by atoms with Gasteiger partial charge in [-0.05, 0) is 30.5 Å². The normalized spacial score (nSPS) is 12.9. The monoisotopic (exact) mass is 289 g/mol. The largest absolute Gasteiger partial charge is 0.493 e. The van der Waals surface area contributed by atoms with Gasteiger partial charge in [0.1, 0.15) is 5.75 Å². The molecule has 0 saturated carbocycles. The topological polar surface area (TPSA) is 45.7 Å². The van der Waals surface area contributed by atoms with Crippen LogP contribution in [0.5, 0.6) is 5.75 Å². The maximum atomic E-state index is 5.69. The van der Waals surface area contributed by atoms with Crippen molar-refractivity contribution in [3.8, 4) is 5.75 Å². The fraction of sp³-hybridized carbons (Fsp3) is 0.471. The highest BCUT2D eigenvalue weighted by Gasteiger charge is 2.07. The predicted octanol–water partition coefficient (Wildman–Crippen LogP) is 3.13. The van der Waals surface area contributed by atoms with E-state index in [0.717, 1.165) is 18.3 Å². The highest BCUT2D eigenvalue weighted by molar-refractivity contribution is 5.80. The molecule has 0 amide bonds. The Morgan fingerprint density at radius 3 is 2.48 bits per heavy atom. The van der Waals surface area contributed by atoms with Crippen LogP contribution in [0.1, 0.15) is 32.4 Å². The van der Waals surface area contributed by atoms with Gasteiger partial charge in [0.15, 0.2) is 5.96 Å². The molecule has 0 radical (unpaired) electrons. The molecule has 0 heterocycles. The predicted molar refractivity (Wildman–Crippen MR) is 89.9 cm³/mol. The number of guanidine groups is 1. The molecule has 0 aromatic heterocycles. The standard InChI is InChI=1S/C17H27N3O/c1-6-11-19-17(18-5)20-14(4)15-7-9-16(10-8-15)21-12-13(2)3/h6-10,13-14H,1,11-12H2,2-5H3,(H2,18,19,20). The van der Waals surface area contributed by atoms with Crippen molar-refractivity contribution in [2.75, 3.05) is 20.2 Å². The molecule has 0 aliphatic carbocycles. The van der Waals surface area contributed by atoms with Gasteiger partial charge in [-0.15, -0.1) is 6.58 Å². The van der Waals surface area contributed by atoms with Gasteiger partial charge in [-0.25, -0.2) is 0 Å². The first kappa shape index (κ1) is 17.1. The number of hydrogen-bond donors (Lipinski definition) is 2. The Balaban J connectivity index is 2.57. The van der Waals surface area contributed by atoms with Gasteiger partial charge in [0, 0.05) is 13.6 Å². The minimum absolute atomic E-state index is 0.167. The maximum Gasteiger partial charge on any atom is 0.191 e. The SMILES string of the molecule is C=CCNC(=NC)NC(C)c1ccc(OCC(C)C)cc1. The van der Waals surface area contributed by atoms with Gasteiger partial charge in [0.2, 0.25) is 0 Å². The number of rotatable bonds is 7. The summed E-state index contributed by atoms with van der Waals surface area (Å²) in [7, 11) is 1.76. The lowest BCUT2D eigenvalue weighted by atomic mass is 10.1. The van der Waals surface area contributed by atoms with E-state index in [1.165, 1.54) is 5.56 Å². The van der Waals surface area contributed by atoms with Gasteiger partial charge in [-0.2, -0.15) is 0 Å². The lowest BCUT2D eigenvalue weighted by molar-refractivity contribution is 0.271. The van der Waals surface area contributed by atoms with Crippen molar-refractivity contribution >= 4 is 5.96 Å². The number of nitrogens with zero attached hydrogens (tertiary/aromatic N) is 1. The minimum Gasteiger partial charge on any atom is -0.493 e. The molecule has 0 aliphatic heterocycles. The molecule has 21 heavy (non-hydrogen) atoms. The van der Waals surface area contributed by atoms with Crippen molar-refractivity contribution in [3.63, 3.8) is 0 Å². The first-order valence-corrected chi connectivity index (χ1v) is 7.37. The Kier molecular flexibility index (Phi) is 7.37. The molecule has 0 aliphatic rings. The van der Waals surface area contributed by atoms with Crippen LogP contribution >= 0.6 is 0 Å². The summed E-state index contributed by atoms with van der Waals surface area (Å²) in [5.74, 6) is 2.21. The van der Waals surface area contributed by atoms with E-state index < -0.39 is 0 Å². The third-order valence-corrected chi connectivity index (χ3v) is 2.95. The second-order valence-electron chi connectivity index (χ2n) is 5.38. The molecule has 1 rings (SSSR count). The molecule has 2 N–H and O–H groups in total. The Morgan fingerprint density at radius 1 is 1.29 bits per heavy atom. The summed E-state index contributed by atoms with van der Waals surface area (Å²) in [6.07, 6.45) is 1.80. The summed E-state index contributed by atoms with van der Waals surface area (Å²) in [5, 5.41) is 6.50. The fourth-order valence-electron chi connectivity index (χ4n) is 1.77. The average Bonchev–Trinajstić information content (AvgIpc) is 2.49. The van der Waals surface area contributed by atoms with Gasteiger partial charge < -0.3 is 15.4 Å². The molecule has 0 fully saturated rings. The van der Waals surface area contributed by atoms with Crippen molar-refractivity contribution in [3.05, 3.63) is 42.5 Å². The zero-order valence-corrected chi connectivity index (χ0v) is 13.5. The Labute approximate surface area is 128 Å². The zero-order chi connectivity index (χ0) is 15.7. The van der Waals surface area contributed by atoms with E-state index in [9.17, 15) is 0 Å². The Hall–Kier alpha value is -1.97. The van der Waals surface area contributed by atoms with Gasteiger partial charge in [0.25, 0.3) is 0 Å². The van der Waals surface area contributed by atoms with E-state index in [-0.39, 0.29) is 6.04 Å². The third-order valence-electron chi connectivity index (χ3n) is 2.95. The van der Waals surface area contributed by atoms with E-state index in [1.54, 1.807) is 13.1 Å². The van der Waals surface area contributed by atoms with Crippen molar-refractivity contribution in [1.82, 2.24) is 10.6 Å². The molecule has 4 nitrogen and oxygen atoms in total. The summed E-state index contributed by atoms with van der Waals surface area (Å²) >= 11 is 0. The van der Waals surface area contributed by atoms with Crippen molar-refractivity contribution < 1.29 is 4.74 Å². The molecule has 1 atom stereocenters. The summed E-state index contributed by atoms with van der Waals surface area (Å²) < 4.78 is 5.69. The molecule has 1 aromatic carbocycles. The number of hydrogen-bond acceptors (Lipinski definition) is 2. The summed E-state index contributed by atoms with van der Waals surface area (Å²) in [6.45, 7) is 11.5. The average molecular weight is 289 g/mol. The number of nitrogens with one attached hydrogen (secondary N) is 2. The van der Waals surface area contributed by atoms with Gasteiger partial charge in [0.05, 0.1) is 12.6 Å². The molecular weight excluding hydrogens is 262 g/mol. The first-order chi connectivity index (χ1) is 10.1. The smallest absolute Gasteiger partial charge is 0.191 e. The molecule has 0 bridgehead atoms. The van der Waals surface area contributed by atoms with Crippen LogP contribution in [0.4, 0.5) is 0 Å². The highest BCUT2D eigenvalue weighted by atomic mass is 16.5. The van der Waals surface area contributed by atoms with Crippen LogP contribution in [0.25, 0.3) is 0 Å². The minimum atomic E-state index is 0.167. The zero-order valence-electron chi connectivity index (χ0n) is 13.5. The molecule has 0 saturated heterocycles. The molecule has 4 heteroatoms. The van der Waals surface area contributed by atoms with Crippen LogP contribution in [0.15, 0.2) is 41.9 Å². The van der Waals surface area contributed by atoms with Gasteiger partial charge in [-0.3, -0.25) is 4.99 Å². The molecule has 0 spiro atoms. The summed E-state index contributed by atoms with van der Waals surface area (Å²) in [5.41, 5.74) is 1.19. The van der Waals surface area contributed by atoms with Gasteiger partial charge in [-0.1, -0.05) is 32.1 Å². The van der Waals surface area contributed by atoms with E-state index >= 15 is 0 Å². The van der Waals surface area contributed by atoms with E-state index in [1.807, 2.05) is 12.1 Å². The molecule has 1 aromatic rings. The van der Waals surface area contributed by atoms with E-state index in [2.05, 4.69) is 55.1 Å². The van der Waals surface area contributed by atoms with Gasteiger partial charge >= 0.3 is 0 Å². The van der Waals surface area contributed by atoms with Crippen LogP contribution in [-0.4, -0.2) is 26.2 Å². The number of benzene rings is 1. The third kappa shape index (κ3) is 6.34. The van der Waals surface area contributed by atoms with Crippen molar-refractivity contribution in [2.45, 2.75) is 26.8 Å². The fourth-order valence-corrected chi connectivity index (χ4v) is 1.77. The van der Waals surface area contributed by atoms with Crippen molar-refractivity contribution in [1.29, 1.82) is 0 Å². The van der Waals surface area contributed by atoms with E-state index in [4.69, 9.17) is 4.74 Å². The van der Waals surface area contributed by atoms with Crippen LogP contribution in [0.3, 0.4) is 0 Å². The lowest BCUT2D eigenvalue weighted by Crippen LogP contribution is -2.38. The lowest BCUT2D eigenvalue weighted by Gasteiger charge is -2.18. The van der Waals surface area contributed by atoms with E-state index in [0.29, 0.717) is 12.5 Å². The Morgan fingerprint density at radius 2 is 1.95 bits per heavy atom. The van der Waals surface area contributed by atoms with Crippen LogP contribution in [0, 0.1) is 5.92 Å². The summed E-state index contributed by atoms with van der Waals surface area (Å²) in [6, 6.07) is 8.34. The quantitative estimate of drug-likeness (QED) is 0.460. The van der Waals surface area contributed by atoms with Crippen molar-refractivity contribution in [2.24, 2.45) is 10.9 Å². The molecular formula is C17H27N3O.